The van der Waals surface area contributed by atoms with Crippen LogP contribution in [0.3, 0.4) is 0 Å². The Labute approximate surface area is 164 Å². The van der Waals surface area contributed by atoms with Crippen molar-refractivity contribution in [1.82, 2.24) is 9.71 Å². The topological polar surface area (TPSA) is 88.2 Å². The second-order valence-corrected chi connectivity index (χ2v) is 8.96. The van der Waals surface area contributed by atoms with Gasteiger partial charge in [-0.15, -0.1) is 0 Å². The number of hydrogen-bond acceptors (Lipinski definition) is 4. The molecule has 1 aliphatic rings. The summed E-state index contributed by atoms with van der Waals surface area (Å²) in [5, 5.41) is 3.38. The highest BCUT2D eigenvalue weighted by Gasteiger charge is 2.27. The summed E-state index contributed by atoms with van der Waals surface area (Å²) in [7, 11) is -3.54. The molecule has 0 unspecified atom stereocenters. The first kappa shape index (κ1) is 19.8. The molecule has 144 valence electrons. The number of anilines is 1. The molecule has 2 aromatic rings. The minimum atomic E-state index is -3.54. The Balaban J connectivity index is 1.46. The Morgan fingerprint density at radius 1 is 1.11 bits per heavy atom. The molecule has 0 atom stereocenters. The molecule has 0 bridgehead atoms. The largest absolute Gasteiger partial charge is 0.324 e. The number of aromatic nitrogens is 1. The number of pyridine rings is 1. The van der Waals surface area contributed by atoms with Gasteiger partial charge in [0.05, 0.1) is 16.8 Å². The van der Waals surface area contributed by atoms with Crippen molar-refractivity contribution in [3.8, 4) is 0 Å². The number of halogens is 1. The normalized spacial score (nSPS) is 20.2. The van der Waals surface area contributed by atoms with Crippen LogP contribution in [0.25, 0.3) is 0 Å². The van der Waals surface area contributed by atoms with Crippen LogP contribution in [0.4, 0.5) is 5.69 Å². The summed E-state index contributed by atoms with van der Waals surface area (Å²) in [4.78, 5) is 16.5. The lowest BCUT2D eigenvalue weighted by atomic mass is 9.81. The van der Waals surface area contributed by atoms with Gasteiger partial charge in [-0.2, -0.15) is 0 Å². The Morgan fingerprint density at radius 2 is 1.81 bits per heavy atom. The van der Waals surface area contributed by atoms with Crippen molar-refractivity contribution in [3.63, 3.8) is 0 Å². The smallest absolute Gasteiger partial charge is 0.240 e. The molecule has 3 rings (SSSR count). The summed E-state index contributed by atoms with van der Waals surface area (Å²) in [6, 6.07) is 9.68. The van der Waals surface area contributed by atoms with Crippen molar-refractivity contribution >= 4 is 33.2 Å². The predicted octanol–water partition coefficient (Wildman–Crippen LogP) is 3.46. The van der Waals surface area contributed by atoms with Crippen LogP contribution in [-0.4, -0.2) is 25.9 Å². The van der Waals surface area contributed by atoms with E-state index in [9.17, 15) is 13.2 Å². The quantitative estimate of drug-likeness (QED) is 0.767. The molecule has 0 radical (unpaired) electrons. The molecule has 2 N–H and O–H groups in total. The number of sulfonamides is 1. The number of nitrogens with one attached hydrogen (secondary N) is 2. The SMILES string of the molecule is O=C(Nc1cccnc1)C1CCC(CNS(=O)(=O)c2ccc(Cl)cc2)CC1. The maximum atomic E-state index is 12.3. The molecule has 1 aromatic heterocycles. The minimum absolute atomic E-state index is 0.00296. The fourth-order valence-corrected chi connectivity index (χ4v) is 4.48. The third-order valence-corrected chi connectivity index (χ3v) is 6.52. The second-order valence-electron chi connectivity index (χ2n) is 6.75. The van der Waals surface area contributed by atoms with E-state index in [4.69, 9.17) is 11.6 Å². The highest BCUT2D eigenvalue weighted by atomic mass is 35.5. The van der Waals surface area contributed by atoms with Crippen molar-refractivity contribution in [2.45, 2.75) is 30.6 Å². The zero-order valence-corrected chi connectivity index (χ0v) is 16.3. The van der Waals surface area contributed by atoms with Gasteiger partial charge in [0.2, 0.25) is 15.9 Å². The highest BCUT2D eigenvalue weighted by molar-refractivity contribution is 7.89. The van der Waals surface area contributed by atoms with Crippen LogP contribution in [0.15, 0.2) is 53.7 Å². The molecule has 1 aliphatic carbocycles. The van der Waals surface area contributed by atoms with Crippen LogP contribution in [-0.2, 0) is 14.8 Å². The van der Waals surface area contributed by atoms with Gasteiger partial charge in [-0.05, 0) is 68.0 Å². The van der Waals surface area contributed by atoms with E-state index < -0.39 is 10.0 Å². The molecule has 8 heteroatoms. The van der Waals surface area contributed by atoms with Crippen molar-refractivity contribution in [1.29, 1.82) is 0 Å². The van der Waals surface area contributed by atoms with Crippen molar-refractivity contribution in [3.05, 3.63) is 53.8 Å². The molecule has 1 saturated carbocycles. The van der Waals surface area contributed by atoms with Crippen molar-refractivity contribution in [2.24, 2.45) is 11.8 Å². The average molecular weight is 408 g/mol. The maximum absolute atomic E-state index is 12.3. The van der Waals surface area contributed by atoms with Gasteiger partial charge >= 0.3 is 0 Å². The maximum Gasteiger partial charge on any atom is 0.240 e. The van der Waals surface area contributed by atoms with E-state index >= 15 is 0 Å². The Bertz CT molecular complexity index is 865. The number of hydrogen-bond donors (Lipinski definition) is 2. The molecular formula is C19H22ClN3O3S. The number of amides is 1. The first-order chi connectivity index (χ1) is 12.9. The molecule has 0 saturated heterocycles. The predicted molar refractivity (Wildman–Crippen MR) is 105 cm³/mol. The summed E-state index contributed by atoms with van der Waals surface area (Å²) in [5.74, 6) is 0.187. The van der Waals surface area contributed by atoms with E-state index in [1.54, 1.807) is 30.6 Å². The number of nitrogens with zero attached hydrogens (tertiary/aromatic N) is 1. The lowest BCUT2D eigenvalue weighted by Gasteiger charge is -2.27. The van der Waals surface area contributed by atoms with Crippen molar-refractivity contribution < 1.29 is 13.2 Å². The molecule has 1 aromatic carbocycles. The molecule has 0 aliphatic heterocycles. The first-order valence-corrected chi connectivity index (χ1v) is 10.8. The van der Waals surface area contributed by atoms with E-state index in [-0.39, 0.29) is 22.6 Å². The molecule has 1 heterocycles. The van der Waals surface area contributed by atoms with Gasteiger partial charge in [0.15, 0.2) is 0 Å². The standard InChI is InChI=1S/C19H22ClN3O3S/c20-16-7-9-18(10-8-16)27(25,26)22-12-14-3-5-15(6-4-14)19(24)23-17-2-1-11-21-13-17/h1-2,7-11,13-15,22H,3-6,12H2,(H,23,24). The van der Waals surface area contributed by atoms with Crippen LogP contribution < -0.4 is 10.0 Å². The van der Waals surface area contributed by atoms with E-state index in [1.807, 2.05) is 6.07 Å². The van der Waals surface area contributed by atoms with Crippen LogP contribution in [0, 0.1) is 11.8 Å². The van der Waals surface area contributed by atoms with Gasteiger partial charge in [-0.25, -0.2) is 13.1 Å². The van der Waals surface area contributed by atoms with Gasteiger partial charge in [0.25, 0.3) is 0 Å². The Kier molecular flexibility index (Phi) is 6.46. The van der Waals surface area contributed by atoms with Crippen LogP contribution >= 0.6 is 11.6 Å². The lowest BCUT2D eigenvalue weighted by molar-refractivity contribution is -0.121. The third-order valence-electron chi connectivity index (χ3n) is 4.83. The van der Waals surface area contributed by atoms with E-state index in [0.29, 0.717) is 17.3 Å². The first-order valence-electron chi connectivity index (χ1n) is 8.90. The number of benzene rings is 1. The van der Waals surface area contributed by atoms with Gasteiger partial charge < -0.3 is 5.32 Å². The summed E-state index contributed by atoms with van der Waals surface area (Å²) < 4.78 is 27.3. The zero-order valence-electron chi connectivity index (χ0n) is 14.8. The summed E-state index contributed by atoms with van der Waals surface area (Å²) >= 11 is 5.80. The molecule has 0 spiro atoms. The van der Waals surface area contributed by atoms with Gasteiger partial charge in [0, 0.05) is 23.7 Å². The van der Waals surface area contributed by atoms with Gasteiger partial charge in [0.1, 0.15) is 0 Å². The molecule has 6 nitrogen and oxygen atoms in total. The summed E-state index contributed by atoms with van der Waals surface area (Å²) in [6.07, 6.45) is 6.41. The van der Waals surface area contributed by atoms with Crippen LogP contribution in [0.1, 0.15) is 25.7 Å². The molecule has 1 amide bonds. The third kappa shape index (κ3) is 5.51. The molecule has 1 fully saturated rings. The molecular weight excluding hydrogens is 386 g/mol. The van der Waals surface area contributed by atoms with Crippen LogP contribution in [0.5, 0.6) is 0 Å². The van der Waals surface area contributed by atoms with E-state index in [0.717, 1.165) is 25.7 Å². The van der Waals surface area contributed by atoms with Gasteiger partial charge in [-0.1, -0.05) is 11.6 Å². The average Bonchev–Trinajstić information content (AvgIpc) is 2.68. The number of rotatable bonds is 6. The molecule has 27 heavy (non-hydrogen) atoms. The summed E-state index contributed by atoms with van der Waals surface area (Å²) in [5.41, 5.74) is 0.695. The highest BCUT2D eigenvalue weighted by Crippen LogP contribution is 2.29. The fraction of sp³-hybridized carbons (Fsp3) is 0.368. The number of carbonyl (C=O) groups is 1. The second kappa shape index (κ2) is 8.82. The fourth-order valence-electron chi connectivity index (χ4n) is 3.23. The summed E-state index contributed by atoms with van der Waals surface area (Å²) in [6.45, 7) is 0.377. The van der Waals surface area contributed by atoms with E-state index in [2.05, 4.69) is 15.0 Å². The zero-order chi connectivity index (χ0) is 19.3. The monoisotopic (exact) mass is 407 g/mol. The Morgan fingerprint density at radius 3 is 2.44 bits per heavy atom. The van der Waals surface area contributed by atoms with Crippen molar-refractivity contribution in [2.75, 3.05) is 11.9 Å². The minimum Gasteiger partial charge on any atom is -0.324 e. The van der Waals surface area contributed by atoms with E-state index in [1.165, 1.54) is 12.1 Å². The Hall–Kier alpha value is -1.96. The van der Waals surface area contributed by atoms with Crippen LogP contribution in [0.2, 0.25) is 5.02 Å². The number of carbonyl (C=O) groups excluding carboxylic acids is 1. The lowest BCUT2D eigenvalue weighted by Crippen LogP contribution is -2.33. The van der Waals surface area contributed by atoms with Gasteiger partial charge in [-0.3, -0.25) is 9.78 Å².